The molecule has 0 amide bonds. The van der Waals surface area contributed by atoms with E-state index in [2.05, 4.69) is 20.3 Å². The lowest BCUT2D eigenvalue weighted by Gasteiger charge is -2.04. The van der Waals surface area contributed by atoms with Crippen molar-refractivity contribution in [1.29, 1.82) is 0 Å². The van der Waals surface area contributed by atoms with E-state index in [4.69, 9.17) is 11.6 Å². The molecule has 0 spiro atoms. The zero-order chi connectivity index (χ0) is 17.7. The van der Waals surface area contributed by atoms with Crippen molar-refractivity contribution in [2.45, 2.75) is 0 Å². The number of rotatable bonds is 2. The minimum absolute atomic E-state index is 0.138. The van der Waals surface area contributed by atoms with Crippen LogP contribution in [-0.4, -0.2) is 34.5 Å². The Bertz CT molecular complexity index is 1260. The molecule has 0 bridgehead atoms. The average molecular weight is 363 g/mol. The maximum atomic E-state index is 10.1. The van der Waals surface area contributed by atoms with Crippen molar-refractivity contribution in [3.05, 3.63) is 66.1 Å². The molecule has 5 rings (SSSR count). The van der Waals surface area contributed by atoms with Crippen LogP contribution in [0.1, 0.15) is 0 Å². The fourth-order valence-electron chi connectivity index (χ4n) is 2.94. The molecule has 0 aliphatic rings. The van der Waals surface area contributed by atoms with E-state index in [0.717, 1.165) is 11.1 Å². The fourth-order valence-corrected chi connectivity index (χ4v) is 3.06. The van der Waals surface area contributed by atoms with E-state index in [-0.39, 0.29) is 5.75 Å². The van der Waals surface area contributed by atoms with Crippen molar-refractivity contribution in [2.24, 2.45) is 0 Å². The third-order valence-electron chi connectivity index (χ3n) is 4.19. The van der Waals surface area contributed by atoms with Crippen LogP contribution in [0.5, 0.6) is 5.75 Å². The number of aromatic nitrogens is 6. The highest BCUT2D eigenvalue weighted by atomic mass is 35.5. The Hall–Kier alpha value is -3.45. The second-order valence-corrected chi connectivity index (χ2v) is 6.19. The molecular weight excluding hydrogens is 352 g/mol. The third kappa shape index (κ3) is 2.14. The number of hydrogen-bond acceptors (Lipinski definition) is 5. The summed E-state index contributed by atoms with van der Waals surface area (Å²) < 4.78 is 3.46. The molecule has 0 radical (unpaired) electrons. The highest BCUT2D eigenvalue weighted by Crippen LogP contribution is 2.29. The molecule has 1 N–H and O–H groups in total. The molecule has 5 aromatic rings. The summed E-state index contributed by atoms with van der Waals surface area (Å²) in [6.07, 6.45) is 3.34. The molecule has 7 nitrogen and oxygen atoms in total. The molecule has 3 heterocycles. The number of phenolic OH excluding ortho intramolecular Hbond substituents is 1. The molecule has 2 aromatic carbocycles. The van der Waals surface area contributed by atoms with Gasteiger partial charge >= 0.3 is 0 Å². The SMILES string of the molecule is Oc1ccccc1-c1nnc2c3cnn(-c4ccc(Cl)cc4)c3ncn12. The van der Waals surface area contributed by atoms with E-state index in [9.17, 15) is 5.11 Å². The quantitative estimate of drug-likeness (QED) is 0.520. The van der Waals surface area contributed by atoms with Gasteiger partial charge in [0.1, 0.15) is 12.1 Å². The van der Waals surface area contributed by atoms with Gasteiger partial charge in [-0.25, -0.2) is 9.67 Å². The Morgan fingerprint density at radius 2 is 1.73 bits per heavy atom. The van der Waals surface area contributed by atoms with Gasteiger partial charge in [-0.15, -0.1) is 10.2 Å². The van der Waals surface area contributed by atoms with Gasteiger partial charge in [0.2, 0.25) is 0 Å². The fraction of sp³-hybridized carbons (Fsp3) is 0. The predicted molar refractivity (Wildman–Crippen MR) is 97.5 cm³/mol. The first kappa shape index (κ1) is 14.9. The molecular formula is C18H11ClN6O. The highest BCUT2D eigenvalue weighted by molar-refractivity contribution is 6.30. The normalized spacial score (nSPS) is 11.4. The van der Waals surface area contributed by atoms with Crippen molar-refractivity contribution in [1.82, 2.24) is 29.4 Å². The summed E-state index contributed by atoms with van der Waals surface area (Å²) in [5.41, 5.74) is 2.72. The summed E-state index contributed by atoms with van der Waals surface area (Å²) in [5.74, 6) is 0.658. The lowest BCUT2D eigenvalue weighted by molar-refractivity contribution is 0.477. The second kappa shape index (κ2) is 5.53. The smallest absolute Gasteiger partial charge is 0.175 e. The van der Waals surface area contributed by atoms with Gasteiger partial charge in [-0.1, -0.05) is 23.7 Å². The van der Waals surface area contributed by atoms with E-state index in [1.54, 1.807) is 51.9 Å². The van der Waals surface area contributed by atoms with Crippen molar-refractivity contribution < 1.29 is 5.11 Å². The first-order chi connectivity index (χ1) is 12.7. The summed E-state index contributed by atoms with van der Waals surface area (Å²) in [7, 11) is 0. The number of benzene rings is 2. The van der Waals surface area contributed by atoms with Gasteiger partial charge in [0.25, 0.3) is 0 Å². The molecule has 0 atom stereocenters. The van der Waals surface area contributed by atoms with Gasteiger partial charge in [0.05, 0.1) is 22.8 Å². The molecule has 0 unspecified atom stereocenters. The van der Waals surface area contributed by atoms with Gasteiger partial charge < -0.3 is 5.11 Å². The van der Waals surface area contributed by atoms with Gasteiger partial charge in [0, 0.05) is 5.02 Å². The lowest BCUT2D eigenvalue weighted by atomic mass is 10.2. The standard InChI is InChI=1S/C18H11ClN6O/c19-11-5-7-12(8-6-11)25-16-14(9-21-25)18-23-22-17(24(18)10-20-16)13-3-1-2-4-15(13)26/h1-10,26H. The molecule has 0 aliphatic heterocycles. The number of halogens is 1. The molecule has 0 saturated heterocycles. The monoisotopic (exact) mass is 362 g/mol. The highest BCUT2D eigenvalue weighted by Gasteiger charge is 2.16. The van der Waals surface area contributed by atoms with Crippen LogP contribution in [0.4, 0.5) is 0 Å². The van der Waals surface area contributed by atoms with E-state index in [1.807, 2.05) is 18.2 Å². The van der Waals surface area contributed by atoms with Crippen LogP contribution in [-0.2, 0) is 0 Å². The first-order valence-corrected chi connectivity index (χ1v) is 8.22. The maximum absolute atomic E-state index is 10.1. The number of aromatic hydroxyl groups is 1. The van der Waals surface area contributed by atoms with Crippen molar-refractivity contribution >= 4 is 28.3 Å². The minimum Gasteiger partial charge on any atom is -0.507 e. The second-order valence-electron chi connectivity index (χ2n) is 5.75. The summed E-state index contributed by atoms with van der Waals surface area (Å²) in [4.78, 5) is 4.52. The summed E-state index contributed by atoms with van der Waals surface area (Å²) in [6.45, 7) is 0. The molecule has 26 heavy (non-hydrogen) atoms. The van der Waals surface area contributed by atoms with E-state index in [1.165, 1.54) is 0 Å². The van der Waals surface area contributed by atoms with Crippen LogP contribution < -0.4 is 0 Å². The number of para-hydroxylation sites is 1. The zero-order valence-electron chi connectivity index (χ0n) is 13.3. The summed E-state index contributed by atoms with van der Waals surface area (Å²) >= 11 is 5.96. The molecule has 0 saturated carbocycles. The van der Waals surface area contributed by atoms with Crippen molar-refractivity contribution in [3.8, 4) is 22.8 Å². The summed E-state index contributed by atoms with van der Waals surface area (Å²) in [5, 5.41) is 24.4. The predicted octanol–water partition coefficient (Wildman–Crippen LogP) is 3.49. The van der Waals surface area contributed by atoms with Crippen molar-refractivity contribution in [3.63, 3.8) is 0 Å². The van der Waals surface area contributed by atoms with Gasteiger partial charge in [-0.2, -0.15) is 5.10 Å². The average Bonchev–Trinajstić information content (AvgIpc) is 3.26. The van der Waals surface area contributed by atoms with E-state index < -0.39 is 0 Å². The molecule has 3 aromatic heterocycles. The lowest BCUT2D eigenvalue weighted by Crippen LogP contribution is -1.99. The van der Waals surface area contributed by atoms with Crippen LogP contribution in [0.3, 0.4) is 0 Å². The van der Waals surface area contributed by atoms with Crippen LogP contribution in [0.15, 0.2) is 61.1 Å². The Kier molecular flexibility index (Phi) is 3.16. The molecule has 126 valence electrons. The van der Waals surface area contributed by atoms with E-state index in [0.29, 0.717) is 27.7 Å². The van der Waals surface area contributed by atoms with E-state index >= 15 is 0 Å². The Labute approximate surface area is 152 Å². The summed E-state index contributed by atoms with van der Waals surface area (Å²) in [6, 6.07) is 14.3. The topological polar surface area (TPSA) is 81.1 Å². The number of fused-ring (bicyclic) bond motifs is 3. The Morgan fingerprint density at radius 3 is 2.54 bits per heavy atom. The van der Waals surface area contributed by atoms with Gasteiger partial charge in [0.15, 0.2) is 17.1 Å². The zero-order valence-corrected chi connectivity index (χ0v) is 14.0. The molecule has 8 heteroatoms. The Morgan fingerprint density at radius 1 is 0.923 bits per heavy atom. The van der Waals surface area contributed by atoms with Gasteiger partial charge in [-0.05, 0) is 36.4 Å². The Balaban J connectivity index is 1.73. The van der Waals surface area contributed by atoms with Crippen LogP contribution in [0.2, 0.25) is 5.02 Å². The van der Waals surface area contributed by atoms with Crippen LogP contribution in [0.25, 0.3) is 33.8 Å². The number of nitrogens with zero attached hydrogens (tertiary/aromatic N) is 6. The minimum atomic E-state index is 0.138. The first-order valence-electron chi connectivity index (χ1n) is 7.84. The van der Waals surface area contributed by atoms with Crippen LogP contribution in [0, 0.1) is 0 Å². The van der Waals surface area contributed by atoms with Gasteiger partial charge in [-0.3, -0.25) is 4.40 Å². The maximum Gasteiger partial charge on any atom is 0.175 e. The largest absolute Gasteiger partial charge is 0.507 e. The number of phenols is 1. The van der Waals surface area contributed by atoms with Crippen molar-refractivity contribution in [2.75, 3.05) is 0 Å². The molecule has 0 fully saturated rings. The number of hydrogen-bond donors (Lipinski definition) is 1. The third-order valence-corrected chi connectivity index (χ3v) is 4.44. The molecule has 0 aliphatic carbocycles. The van der Waals surface area contributed by atoms with Crippen LogP contribution >= 0.6 is 11.6 Å².